The van der Waals surface area contributed by atoms with Gasteiger partial charge >= 0.3 is 0 Å². The predicted octanol–water partition coefficient (Wildman–Crippen LogP) is 2.63. The van der Waals surface area contributed by atoms with E-state index in [9.17, 15) is 9.18 Å². The monoisotopic (exact) mass is 219 g/mol. The van der Waals surface area contributed by atoms with Crippen LogP contribution in [0, 0.1) is 5.82 Å². The van der Waals surface area contributed by atoms with Crippen molar-refractivity contribution in [3.63, 3.8) is 0 Å². The second kappa shape index (κ2) is 4.70. The second-order valence-corrected chi connectivity index (χ2v) is 3.39. The molecule has 0 N–H and O–H groups in total. The number of hydrogen-bond donors (Lipinski definition) is 0. The summed E-state index contributed by atoms with van der Waals surface area (Å²) in [6.07, 6.45) is 4.81. The van der Waals surface area contributed by atoms with Crippen molar-refractivity contribution in [1.82, 2.24) is 4.98 Å². The highest BCUT2D eigenvalue weighted by atomic mass is 19.1. The van der Waals surface area contributed by atoms with Crippen LogP contribution in [0.4, 0.5) is 4.39 Å². The Bertz CT molecular complexity index is 480. The van der Waals surface area contributed by atoms with Crippen molar-refractivity contribution in [3.05, 3.63) is 54.0 Å². The third-order valence-corrected chi connectivity index (χ3v) is 2.21. The first-order chi connectivity index (χ1) is 7.75. The Kier molecular flexibility index (Phi) is 3.10. The van der Waals surface area contributed by atoms with E-state index in [2.05, 4.69) is 4.98 Å². The van der Waals surface area contributed by atoms with Crippen molar-refractivity contribution in [2.24, 2.45) is 0 Å². The third-order valence-electron chi connectivity index (χ3n) is 2.21. The molecule has 16 heavy (non-hydrogen) atoms. The molecule has 0 radical (unpaired) electrons. The van der Waals surface area contributed by atoms with Crippen molar-refractivity contribution in [2.75, 3.05) is 0 Å². The number of hydrogen-bond acceptors (Lipinski definition) is 3. The van der Waals surface area contributed by atoms with Gasteiger partial charge in [0.05, 0.1) is 12.5 Å². The molecule has 0 aromatic carbocycles. The molecule has 0 aliphatic rings. The van der Waals surface area contributed by atoms with E-state index in [4.69, 9.17) is 4.42 Å². The number of aryl methyl sites for hydroxylation is 1. The van der Waals surface area contributed by atoms with Crippen LogP contribution in [0.5, 0.6) is 0 Å². The van der Waals surface area contributed by atoms with Gasteiger partial charge in [-0.25, -0.2) is 4.39 Å². The van der Waals surface area contributed by atoms with E-state index in [0.29, 0.717) is 18.4 Å². The van der Waals surface area contributed by atoms with Gasteiger partial charge in [-0.2, -0.15) is 0 Å². The molecule has 3 nitrogen and oxygen atoms in total. The molecule has 0 fully saturated rings. The van der Waals surface area contributed by atoms with Gasteiger partial charge in [0.2, 0.25) is 0 Å². The summed E-state index contributed by atoms with van der Waals surface area (Å²) in [5.74, 6) is 0.116. The van der Waals surface area contributed by atoms with Gasteiger partial charge in [0.25, 0.3) is 0 Å². The molecule has 0 bridgehead atoms. The van der Waals surface area contributed by atoms with Crippen molar-refractivity contribution in [2.45, 2.75) is 12.8 Å². The lowest BCUT2D eigenvalue weighted by Gasteiger charge is -1.99. The maximum Gasteiger partial charge on any atom is 0.164 e. The van der Waals surface area contributed by atoms with Gasteiger partial charge in [0.1, 0.15) is 11.6 Å². The number of halogens is 1. The summed E-state index contributed by atoms with van der Waals surface area (Å²) in [5, 5.41) is 0. The highest BCUT2D eigenvalue weighted by molar-refractivity contribution is 5.95. The molecular formula is C12H10FNO2. The molecule has 2 rings (SSSR count). The van der Waals surface area contributed by atoms with Gasteiger partial charge in [-0.15, -0.1) is 0 Å². The van der Waals surface area contributed by atoms with Crippen molar-refractivity contribution >= 4 is 5.78 Å². The second-order valence-electron chi connectivity index (χ2n) is 3.39. The Labute approximate surface area is 91.9 Å². The molecule has 2 aromatic rings. The number of Topliss-reactive ketones (excluding diaryl/α,β-unsaturated/α-hetero) is 1. The number of aromatic nitrogens is 1. The summed E-state index contributed by atoms with van der Waals surface area (Å²) in [5.41, 5.74) is 0.298. The zero-order chi connectivity index (χ0) is 11.4. The fraction of sp³-hybridized carbons (Fsp3) is 0.167. The first-order valence-electron chi connectivity index (χ1n) is 4.92. The molecule has 0 atom stereocenters. The highest BCUT2D eigenvalue weighted by Crippen LogP contribution is 2.09. The summed E-state index contributed by atoms with van der Waals surface area (Å²) in [4.78, 5) is 15.3. The molecule has 0 amide bonds. The van der Waals surface area contributed by atoms with Crippen LogP contribution in [0.1, 0.15) is 22.5 Å². The number of ketones is 1. The SMILES string of the molecule is O=C(CCc1ccco1)c1cncc(F)c1. The quantitative estimate of drug-likeness (QED) is 0.742. The van der Waals surface area contributed by atoms with Crippen LogP contribution in [-0.4, -0.2) is 10.8 Å². The maximum absolute atomic E-state index is 12.8. The molecular weight excluding hydrogens is 209 g/mol. The van der Waals surface area contributed by atoms with Gasteiger partial charge < -0.3 is 4.42 Å². The average Bonchev–Trinajstić information content (AvgIpc) is 2.78. The smallest absolute Gasteiger partial charge is 0.164 e. The maximum atomic E-state index is 12.8. The van der Waals surface area contributed by atoms with Gasteiger partial charge in [0, 0.05) is 24.6 Å². The molecule has 2 aromatic heterocycles. The Morgan fingerprint density at radius 2 is 2.31 bits per heavy atom. The van der Waals surface area contributed by atoms with Gasteiger partial charge in [-0.1, -0.05) is 0 Å². The van der Waals surface area contributed by atoms with Crippen LogP contribution in [0.15, 0.2) is 41.3 Å². The van der Waals surface area contributed by atoms with Crippen molar-refractivity contribution in [3.8, 4) is 0 Å². The lowest BCUT2D eigenvalue weighted by molar-refractivity contribution is 0.0980. The molecule has 0 saturated carbocycles. The summed E-state index contributed by atoms with van der Waals surface area (Å²) >= 11 is 0. The van der Waals surface area contributed by atoms with E-state index in [1.165, 1.54) is 12.3 Å². The largest absolute Gasteiger partial charge is 0.469 e. The number of furan rings is 1. The van der Waals surface area contributed by atoms with E-state index >= 15 is 0 Å². The minimum atomic E-state index is -0.496. The fourth-order valence-corrected chi connectivity index (χ4v) is 1.40. The average molecular weight is 219 g/mol. The number of carbonyl (C=O) groups excluding carboxylic acids is 1. The zero-order valence-electron chi connectivity index (χ0n) is 8.52. The first kappa shape index (κ1) is 10.5. The summed E-state index contributed by atoms with van der Waals surface area (Å²) in [6.45, 7) is 0. The van der Waals surface area contributed by atoms with Gasteiger partial charge in [-0.3, -0.25) is 9.78 Å². The van der Waals surface area contributed by atoms with Gasteiger partial charge in [0.15, 0.2) is 5.78 Å². The number of carbonyl (C=O) groups is 1. The van der Waals surface area contributed by atoms with Crippen LogP contribution in [0.25, 0.3) is 0 Å². The summed E-state index contributed by atoms with van der Waals surface area (Å²) in [6, 6.07) is 4.76. The topological polar surface area (TPSA) is 43.1 Å². The highest BCUT2D eigenvalue weighted by Gasteiger charge is 2.08. The van der Waals surface area contributed by atoms with E-state index in [1.54, 1.807) is 18.4 Å². The van der Waals surface area contributed by atoms with Crippen LogP contribution in [0.3, 0.4) is 0 Å². The minimum Gasteiger partial charge on any atom is -0.469 e. The molecule has 0 aliphatic heterocycles. The number of nitrogens with zero attached hydrogens (tertiary/aromatic N) is 1. The third kappa shape index (κ3) is 2.53. The predicted molar refractivity (Wildman–Crippen MR) is 55.6 cm³/mol. The summed E-state index contributed by atoms with van der Waals surface area (Å²) < 4.78 is 17.9. The standard InChI is InChI=1S/C12H10FNO2/c13-10-6-9(7-14-8-10)12(15)4-3-11-2-1-5-16-11/h1-2,5-8H,3-4H2. The van der Waals surface area contributed by atoms with Crippen molar-refractivity contribution in [1.29, 1.82) is 0 Å². The molecule has 4 heteroatoms. The van der Waals surface area contributed by atoms with E-state index in [1.807, 2.05) is 0 Å². The van der Waals surface area contributed by atoms with Crippen LogP contribution < -0.4 is 0 Å². The lowest BCUT2D eigenvalue weighted by Crippen LogP contribution is -2.02. The molecule has 0 spiro atoms. The Morgan fingerprint density at radius 3 is 3.00 bits per heavy atom. The zero-order valence-corrected chi connectivity index (χ0v) is 8.52. The molecule has 0 aliphatic carbocycles. The minimum absolute atomic E-state index is 0.136. The lowest BCUT2D eigenvalue weighted by atomic mass is 10.1. The van der Waals surface area contributed by atoms with E-state index in [-0.39, 0.29) is 5.78 Å². The number of rotatable bonds is 4. The first-order valence-corrected chi connectivity index (χ1v) is 4.92. The Hall–Kier alpha value is -1.97. The molecule has 2 heterocycles. The van der Waals surface area contributed by atoms with Crippen LogP contribution in [-0.2, 0) is 6.42 Å². The Morgan fingerprint density at radius 1 is 1.44 bits per heavy atom. The molecule has 82 valence electrons. The normalized spacial score (nSPS) is 10.3. The fourth-order valence-electron chi connectivity index (χ4n) is 1.40. The van der Waals surface area contributed by atoms with Crippen LogP contribution in [0.2, 0.25) is 0 Å². The van der Waals surface area contributed by atoms with E-state index < -0.39 is 5.82 Å². The number of pyridine rings is 1. The van der Waals surface area contributed by atoms with Crippen molar-refractivity contribution < 1.29 is 13.6 Å². The van der Waals surface area contributed by atoms with Gasteiger partial charge in [-0.05, 0) is 18.2 Å². The van der Waals surface area contributed by atoms with Crippen LogP contribution >= 0.6 is 0 Å². The summed E-state index contributed by atoms with van der Waals surface area (Å²) in [7, 11) is 0. The van der Waals surface area contributed by atoms with E-state index in [0.717, 1.165) is 12.0 Å². The molecule has 0 unspecified atom stereocenters. The Balaban J connectivity index is 1.98. The molecule has 0 saturated heterocycles.